The molecule has 2 aromatic heterocycles. The van der Waals surface area contributed by atoms with E-state index in [1.165, 1.54) is 27.8 Å². The smallest absolute Gasteiger partial charge is 0.390 e. The zero-order valence-corrected chi connectivity index (χ0v) is 28.2. The number of nitrogens with zero attached hydrogens (tertiary/aromatic N) is 5. The number of hydrogen-bond acceptors (Lipinski definition) is 8. The van der Waals surface area contributed by atoms with Crippen LogP contribution in [0, 0.1) is 0 Å². The highest BCUT2D eigenvalue weighted by Crippen LogP contribution is 2.37. The highest BCUT2D eigenvalue weighted by molar-refractivity contribution is 7.88. The van der Waals surface area contributed by atoms with E-state index in [1.807, 2.05) is 4.90 Å². The first-order valence-corrected chi connectivity index (χ1v) is 18.8. The highest BCUT2D eigenvalue weighted by Gasteiger charge is 2.36. The largest absolute Gasteiger partial charge is 0.416 e. The number of likely N-dealkylation sites (tertiary alicyclic amines) is 2. The Morgan fingerprint density at radius 2 is 1.90 bits per heavy atom. The van der Waals surface area contributed by atoms with E-state index in [9.17, 15) is 36.3 Å². The Morgan fingerprint density at radius 1 is 1.12 bits per heavy atom. The van der Waals surface area contributed by atoms with Gasteiger partial charge in [-0.1, -0.05) is 12.1 Å². The molecule has 2 fully saturated rings. The molecule has 1 atom stereocenters. The second-order valence-corrected chi connectivity index (χ2v) is 15.6. The van der Waals surface area contributed by atoms with E-state index in [0.717, 1.165) is 56.9 Å². The number of hydrogen-bond donors (Lipinski definition) is 2. The standard InChI is InChI=1S/C32H39F3N6O5S2/c1-48(45,46)39-14-10-27-25(20-39)30(21-6-7-26(32(33,34)35)22(16-21)17-36-31(44)28-4-3-15-47-28)37-41(27)19-24(42)18-38-12-8-23(9-13-38)40-11-2-5-29(40)43/h3-4,6-7,15-16,23-24,42H,2,5,8-14,17-20H2,1H3,(H,36,44). The summed E-state index contributed by atoms with van der Waals surface area (Å²) in [5.74, 6) is -0.276. The van der Waals surface area contributed by atoms with E-state index in [-0.39, 0.29) is 43.7 Å². The van der Waals surface area contributed by atoms with E-state index in [1.54, 1.807) is 22.2 Å². The lowest BCUT2D eigenvalue weighted by atomic mass is 9.97. The van der Waals surface area contributed by atoms with Gasteiger partial charge in [0.2, 0.25) is 15.9 Å². The number of aliphatic hydroxyl groups excluding tert-OH is 1. The summed E-state index contributed by atoms with van der Waals surface area (Å²) in [4.78, 5) is 29.2. The molecule has 6 rings (SSSR count). The van der Waals surface area contributed by atoms with Crippen molar-refractivity contribution in [2.45, 2.75) is 70.1 Å². The molecule has 260 valence electrons. The zero-order chi connectivity index (χ0) is 34.2. The van der Waals surface area contributed by atoms with Crippen molar-refractivity contribution in [1.29, 1.82) is 0 Å². The third-order valence-electron chi connectivity index (χ3n) is 9.40. The Morgan fingerprint density at radius 3 is 2.54 bits per heavy atom. The summed E-state index contributed by atoms with van der Waals surface area (Å²) < 4.78 is 70.1. The van der Waals surface area contributed by atoms with Gasteiger partial charge in [-0.05, 0) is 48.4 Å². The SMILES string of the molecule is CS(=O)(=O)N1CCc2c(c(-c3ccc(C(F)(F)F)c(CNC(=O)c4cccs4)c3)nn2CC(O)CN2CCC(N3CCCC3=O)CC2)C1. The number of aromatic nitrogens is 2. The average Bonchev–Trinajstić information content (AvgIpc) is 3.80. The molecular formula is C32H39F3N6O5S2. The van der Waals surface area contributed by atoms with E-state index >= 15 is 0 Å². The number of piperidine rings is 1. The summed E-state index contributed by atoms with van der Waals surface area (Å²) in [6.45, 7) is 2.63. The van der Waals surface area contributed by atoms with Gasteiger partial charge in [-0.15, -0.1) is 11.3 Å². The number of rotatable bonds is 10. The number of alkyl halides is 3. The van der Waals surface area contributed by atoms with Crippen molar-refractivity contribution < 1.29 is 36.3 Å². The summed E-state index contributed by atoms with van der Waals surface area (Å²) in [5, 5.41) is 20.2. The predicted molar refractivity (Wildman–Crippen MR) is 174 cm³/mol. The van der Waals surface area contributed by atoms with Crippen LogP contribution in [0.25, 0.3) is 11.3 Å². The Balaban J connectivity index is 1.24. The topological polar surface area (TPSA) is 128 Å². The second kappa shape index (κ2) is 13.9. The molecule has 11 nitrogen and oxygen atoms in total. The lowest BCUT2D eigenvalue weighted by molar-refractivity contribution is -0.138. The van der Waals surface area contributed by atoms with Gasteiger partial charge in [0, 0.05) is 81.5 Å². The first kappa shape index (κ1) is 34.5. The minimum Gasteiger partial charge on any atom is -0.390 e. The maximum atomic E-state index is 14.0. The molecule has 1 unspecified atom stereocenters. The molecule has 2 N–H and O–H groups in total. The molecule has 0 saturated carbocycles. The number of fused-ring (bicyclic) bond motifs is 1. The third kappa shape index (κ3) is 7.62. The van der Waals surface area contributed by atoms with Crippen LogP contribution in [0.3, 0.4) is 0 Å². The van der Waals surface area contributed by atoms with Crippen molar-refractivity contribution in [3.8, 4) is 11.3 Å². The first-order chi connectivity index (χ1) is 22.8. The minimum absolute atomic E-state index is 0.00615. The van der Waals surface area contributed by atoms with Crippen molar-refractivity contribution in [2.75, 3.05) is 39.0 Å². The number of thiophene rings is 1. The van der Waals surface area contributed by atoms with Crippen molar-refractivity contribution in [2.24, 2.45) is 0 Å². The Hall–Kier alpha value is -3.31. The van der Waals surface area contributed by atoms with Gasteiger partial charge < -0.3 is 20.2 Å². The first-order valence-electron chi connectivity index (χ1n) is 16.0. The van der Waals surface area contributed by atoms with E-state index in [4.69, 9.17) is 5.10 Å². The number of β-amino-alcohol motifs (C(OH)–C–C–N with tert-alkyl or cyclic N) is 1. The fourth-order valence-electron chi connectivity index (χ4n) is 6.99. The summed E-state index contributed by atoms with van der Waals surface area (Å²) in [5.41, 5.74) is 0.939. The van der Waals surface area contributed by atoms with Crippen LogP contribution in [0.2, 0.25) is 0 Å². The van der Waals surface area contributed by atoms with E-state index in [2.05, 4.69) is 10.2 Å². The summed E-state index contributed by atoms with van der Waals surface area (Å²) in [6.07, 6.45) is -0.863. The monoisotopic (exact) mass is 708 g/mol. The van der Waals surface area contributed by atoms with Crippen molar-refractivity contribution in [3.05, 3.63) is 63.0 Å². The zero-order valence-electron chi connectivity index (χ0n) is 26.6. The molecule has 0 spiro atoms. The van der Waals surface area contributed by atoms with Gasteiger partial charge in [0.25, 0.3) is 5.91 Å². The van der Waals surface area contributed by atoms with Gasteiger partial charge in [-0.2, -0.15) is 22.6 Å². The summed E-state index contributed by atoms with van der Waals surface area (Å²) in [7, 11) is -3.57. The van der Waals surface area contributed by atoms with Gasteiger partial charge >= 0.3 is 6.18 Å². The van der Waals surface area contributed by atoms with Crippen LogP contribution in [0.5, 0.6) is 0 Å². The van der Waals surface area contributed by atoms with Gasteiger partial charge in [-0.3, -0.25) is 14.3 Å². The van der Waals surface area contributed by atoms with Crippen LogP contribution in [0.1, 0.15) is 57.7 Å². The van der Waals surface area contributed by atoms with E-state index in [0.29, 0.717) is 41.1 Å². The quantitative estimate of drug-likeness (QED) is 0.331. The molecule has 0 aliphatic carbocycles. The normalized spacial score (nSPS) is 19.1. The van der Waals surface area contributed by atoms with Gasteiger partial charge in [-0.25, -0.2) is 8.42 Å². The number of carbonyl (C=O) groups is 2. The lowest BCUT2D eigenvalue weighted by Gasteiger charge is -2.37. The molecule has 5 heterocycles. The Bertz CT molecular complexity index is 1750. The van der Waals surface area contributed by atoms with Gasteiger partial charge in [0.15, 0.2) is 0 Å². The fraction of sp³-hybridized carbons (Fsp3) is 0.531. The lowest BCUT2D eigenvalue weighted by Crippen LogP contribution is -2.47. The van der Waals surface area contributed by atoms with Crippen LogP contribution in [-0.4, -0.2) is 100 Å². The molecule has 2 saturated heterocycles. The maximum absolute atomic E-state index is 14.0. The maximum Gasteiger partial charge on any atom is 0.416 e. The predicted octanol–water partition coefficient (Wildman–Crippen LogP) is 3.33. The fourth-order valence-corrected chi connectivity index (χ4v) is 8.42. The second-order valence-electron chi connectivity index (χ2n) is 12.7. The number of sulfonamides is 1. The molecule has 0 bridgehead atoms. The number of amides is 2. The average molecular weight is 709 g/mol. The van der Waals surface area contributed by atoms with Crippen LogP contribution >= 0.6 is 11.3 Å². The van der Waals surface area contributed by atoms with Crippen molar-refractivity contribution >= 4 is 33.2 Å². The highest BCUT2D eigenvalue weighted by atomic mass is 32.2. The molecule has 16 heteroatoms. The minimum atomic E-state index is -4.67. The number of carbonyl (C=O) groups excluding carboxylic acids is 2. The van der Waals surface area contributed by atoms with Crippen LogP contribution in [0.4, 0.5) is 13.2 Å². The van der Waals surface area contributed by atoms with Gasteiger partial charge in [0.1, 0.15) is 0 Å². The number of benzene rings is 1. The van der Waals surface area contributed by atoms with Crippen LogP contribution in [-0.2, 0) is 47.0 Å². The number of nitrogens with one attached hydrogen (secondary N) is 1. The number of halogens is 3. The molecule has 3 aliphatic rings. The van der Waals surface area contributed by atoms with Crippen LogP contribution < -0.4 is 5.32 Å². The molecule has 3 aliphatic heterocycles. The molecule has 48 heavy (non-hydrogen) atoms. The van der Waals surface area contributed by atoms with E-state index < -0.39 is 33.8 Å². The Labute approximate surface area is 281 Å². The summed E-state index contributed by atoms with van der Waals surface area (Å²) in [6, 6.07) is 7.10. The van der Waals surface area contributed by atoms with Crippen molar-refractivity contribution in [1.82, 2.24) is 29.2 Å². The summed E-state index contributed by atoms with van der Waals surface area (Å²) >= 11 is 1.18. The number of aliphatic hydroxyl groups is 1. The molecule has 2 amide bonds. The van der Waals surface area contributed by atoms with Crippen molar-refractivity contribution in [3.63, 3.8) is 0 Å². The molecule has 1 aromatic carbocycles. The van der Waals surface area contributed by atoms with Crippen LogP contribution in [0.15, 0.2) is 35.7 Å². The third-order valence-corrected chi connectivity index (χ3v) is 11.5. The molecule has 0 radical (unpaired) electrons. The molecule has 3 aromatic rings. The Kier molecular flexibility index (Phi) is 10.0. The van der Waals surface area contributed by atoms with Gasteiger partial charge in [0.05, 0.1) is 35.0 Å². The molecular weight excluding hydrogens is 670 g/mol.